The molecule has 0 spiro atoms. The molecule has 6 nitrogen and oxygen atoms in total. The van der Waals surface area contributed by atoms with E-state index in [2.05, 4.69) is 5.32 Å². The molecule has 1 saturated heterocycles. The van der Waals surface area contributed by atoms with Gasteiger partial charge in [0.2, 0.25) is 5.91 Å². The first-order chi connectivity index (χ1) is 12.4. The molecule has 2 atom stereocenters. The van der Waals surface area contributed by atoms with Gasteiger partial charge in [0.25, 0.3) is 5.91 Å². The molecule has 26 heavy (non-hydrogen) atoms. The minimum absolute atomic E-state index is 0.00985. The zero-order valence-electron chi connectivity index (χ0n) is 15.7. The van der Waals surface area contributed by atoms with E-state index < -0.39 is 6.04 Å². The number of amides is 2. The van der Waals surface area contributed by atoms with Crippen LogP contribution in [0.3, 0.4) is 0 Å². The van der Waals surface area contributed by atoms with Gasteiger partial charge >= 0.3 is 0 Å². The highest BCUT2D eigenvalue weighted by Crippen LogP contribution is 2.22. The molecule has 1 aliphatic heterocycles. The first kappa shape index (κ1) is 18.5. The van der Waals surface area contributed by atoms with Crippen molar-refractivity contribution >= 4 is 22.7 Å². The lowest BCUT2D eigenvalue weighted by Gasteiger charge is -2.35. The maximum atomic E-state index is 12.7. The number of hydrogen-bond donors (Lipinski definition) is 2. The van der Waals surface area contributed by atoms with Crippen LogP contribution in [0, 0.1) is 5.92 Å². The standard InChI is InChI=1S/C20H28N4O2/c1-13(21)20(26)24-10-8-15(9-11-24)14(2)22-19(25)18-12-16-6-4-5-7-17(16)23(18)3/h4-7,12-15H,8-11,21H2,1-3H3,(H,22,25)/t13-,14?/m0/s1. The number of rotatable bonds is 4. The number of aromatic nitrogens is 1. The molecule has 1 fully saturated rings. The molecule has 3 N–H and O–H groups in total. The number of piperidine rings is 1. The molecule has 140 valence electrons. The summed E-state index contributed by atoms with van der Waals surface area (Å²) >= 11 is 0. The topological polar surface area (TPSA) is 80.4 Å². The Hall–Kier alpha value is -2.34. The molecule has 0 radical (unpaired) electrons. The van der Waals surface area contributed by atoms with Crippen molar-refractivity contribution in [3.05, 3.63) is 36.0 Å². The Labute approximate surface area is 154 Å². The zero-order chi connectivity index (χ0) is 18.8. The highest BCUT2D eigenvalue weighted by molar-refractivity contribution is 5.98. The van der Waals surface area contributed by atoms with Crippen molar-refractivity contribution < 1.29 is 9.59 Å². The highest BCUT2D eigenvalue weighted by Gasteiger charge is 2.28. The van der Waals surface area contributed by atoms with E-state index in [-0.39, 0.29) is 17.9 Å². The Kier molecular flexibility index (Phi) is 5.32. The number of para-hydroxylation sites is 1. The van der Waals surface area contributed by atoms with Gasteiger partial charge in [-0.05, 0) is 44.7 Å². The number of aryl methyl sites for hydroxylation is 1. The molecule has 2 amide bonds. The summed E-state index contributed by atoms with van der Waals surface area (Å²) in [5.41, 5.74) is 7.41. The number of benzene rings is 1. The van der Waals surface area contributed by atoms with Crippen molar-refractivity contribution in [1.29, 1.82) is 0 Å². The highest BCUT2D eigenvalue weighted by atomic mass is 16.2. The Morgan fingerprint density at radius 3 is 2.46 bits per heavy atom. The van der Waals surface area contributed by atoms with Crippen molar-refractivity contribution in [2.24, 2.45) is 18.7 Å². The Balaban J connectivity index is 1.61. The number of likely N-dealkylation sites (tertiary alicyclic amines) is 1. The maximum absolute atomic E-state index is 12.7. The van der Waals surface area contributed by atoms with E-state index >= 15 is 0 Å². The van der Waals surface area contributed by atoms with E-state index in [9.17, 15) is 9.59 Å². The quantitative estimate of drug-likeness (QED) is 0.878. The van der Waals surface area contributed by atoms with Crippen LogP contribution in [-0.2, 0) is 11.8 Å². The summed E-state index contributed by atoms with van der Waals surface area (Å²) < 4.78 is 1.93. The third-order valence-corrected chi connectivity index (χ3v) is 5.49. The van der Waals surface area contributed by atoms with Crippen LogP contribution in [0.25, 0.3) is 10.9 Å². The predicted molar refractivity (Wildman–Crippen MR) is 103 cm³/mol. The molecule has 0 saturated carbocycles. The molecule has 2 heterocycles. The molecule has 1 aliphatic rings. The number of carbonyl (C=O) groups is 2. The summed E-state index contributed by atoms with van der Waals surface area (Å²) in [4.78, 5) is 26.6. The molecule has 0 bridgehead atoms. The minimum Gasteiger partial charge on any atom is -0.348 e. The van der Waals surface area contributed by atoms with Gasteiger partial charge in [0.05, 0.1) is 6.04 Å². The third kappa shape index (κ3) is 3.60. The second kappa shape index (κ2) is 7.50. The van der Waals surface area contributed by atoms with Crippen LogP contribution in [0.15, 0.2) is 30.3 Å². The largest absolute Gasteiger partial charge is 0.348 e. The van der Waals surface area contributed by atoms with Gasteiger partial charge in [-0.25, -0.2) is 0 Å². The van der Waals surface area contributed by atoms with E-state index in [0.717, 1.165) is 23.7 Å². The summed E-state index contributed by atoms with van der Waals surface area (Å²) in [6.45, 7) is 5.19. The van der Waals surface area contributed by atoms with Crippen LogP contribution in [0.2, 0.25) is 0 Å². The van der Waals surface area contributed by atoms with Gasteiger partial charge in [-0.1, -0.05) is 18.2 Å². The van der Waals surface area contributed by atoms with Crippen LogP contribution >= 0.6 is 0 Å². The SMILES string of the molecule is CC(NC(=O)c1cc2ccccc2n1C)C1CCN(C(=O)[C@H](C)N)CC1. The minimum atomic E-state index is -0.449. The van der Waals surface area contributed by atoms with Crippen LogP contribution in [0.5, 0.6) is 0 Å². The van der Waals surface area contributed by atoms with Gasteiger partial charge in [0.15, 0.2) is 0 Å². The summed E-state index contributed by atoms with van der Waals surface area (Å²) in [5.74, 6) is 0.326. The van der Waals surface area contributed by atoms with Gasteiger partial charge in [0, 0.05) is 37.1 Å². The lowest BCUT2D eigenvalue weighted by atomic mass is 9.90. The molecule has 0 aliphatic carbocycles. The van der Waals surface area contributed by atoms with Crippen molar-refractivity contribution in [2.75, 3.05) is 13.1 Å². The molecule has 1 unspecified atom stereocenters. The predicted octanol–water partition coefficient (Wildman–Crippen LogP) is 1.88. The van der Waals surface area contributed by atoms with Crippen molar-refractivity contribution in [3.63, 3.8) is 0 Å². The molecule has 6 heteroatoms. The van der Waals surface area contributed by atoms with Crippen LogP contribution < -0.4 is 11.1 Å². The molecule has 3 rings (SSSR count). The average molecular weight is 356 g/mol. The number of nitrogens with zero attached hydrogens (tertiary/aromatic N) is 2. The molecule has 2 aromatic rings. The number of hydrogen-bond acceptors (Lipinski definition) is 3. The zero-order valence-corrected chi connectivity index (χ0v) is 15.7. The Morgan fingerprint density at radius 2 is 1.85 bits per heavy atom. The smallest absolute Gasteiger partial charge is 0.268 e. The monoisotopic (exact) mass is 356 g/mol. The maximum Gasteiger partial charge on any atom is 0.268 e. The van der Waals surface area contributed by atoms with Gasteiger partial charge in [0.1, 0.15) is 5.69 Å². The lowest BCUT2D eigenvalue weighted by molar-refractivity contribution is -0.133. The first-order valence-corrected chi connectivity index (χ1v) is 9.28. The lowest BCUT2D eigenvalue weighted by Crippen LogP contribution is -2.49. The van der Waals surface area contributed by atoms with Crippen molar-refractivity contribution in [2.45, 2.75) is 38.8 Å². The summed E-state index contributed by atoms with van der Waals surface area (Å²) in [6.07, 6.45) is 1.77. The molecule has 1 aromatic heterocycles. The second-order valence-corrected chi connectivity index (χ2v) is 7.36. The average Bonchev–Trinajstić information content (AvgIpc) is 2.98. The third-order valence-electron chi connectivity index (χ3n) is 5.49. The van der Waals surface area contributed by atoms with Gasteiger partial charge < -0.3 is 20.5 Å². The van der Waals surface area contributed by atoms with Crippen LogP contribution in [0.1, 0.15) is 37.2 Å². The van der Waals surface area contributed by atoms with Crippen molar-refractivity contribution in [1.82, 2.24) is 14.8 Å². The van der Waals surface area contributed by atoms with Gasteiger partial charge in [-0.3, -0.25) is 9.59 Å². The summed E-state index contributed by atoms with van der Waals surface area (Å²) in [5, 5.41) is 4.21. The van der Waals surface area contributed by atoms with Crippen LogP contribution in [0.4, 0.5) is 0 Å². The first-order valence-electron chi connectivity index (χ1n) is 9.28. The van der Waals surface area contributed by atoms with E-state index in [1.165, 1.54) is 0 Å². The summed E-state index contributed by atoms with van der Waals surface area (Å²) in [7, 11) is 1.92. The van der Waals surface area contributed by atoms with Crippen LogP contribution in [-0.4, -0.2) is 46.5 Å². The van der Waals surface area contributed by atoms with E-state index in [1.54, 1.807) is 6.92 Å². The summed E-state index contributed by atoms with van der Waals surface area (Å²) in [6, 6.07) is 9.53. The molecular weight excluding hydrogens is 328 g/mol. The number of nitrogens with one attached hydrogen (secondary N) is 1. The fourth-order valence-electron chi connectivity index (χ4n) is 3.81. The second-order valence-electron chi connectivity index (χ2n) is 7.36. The molecule has 1 aromatic carbocycles. The van der Waals surface area contributed by atoms with E-state index in [0.29, 0.717) is 24.7 Å². The Bertz CT molecular complexity index is 803. The van der Waals surface area contributed by atoms with Crippen molar-refractivity contribution in [3.8, 4) is 0 Å². The van der Waals surface area contributed by atoms with E-state index in [4.69, 9.17) is 5.73 Å². The Morgan fingerprint density at radius 1 is 1.19 bits per heavy atom. The number of fused-ring (bicyclic) bond motifs is 1. The normalized spacial score (nSPS) is 17.9. The fourth-order valence-corrected chi connectivity index (χ4v) is 3.81. The number of carbonyl (C=O) groups excluding carboxylic acids is 2. The fraction of sp³-hybridized carbons (Fsp3) is 0.500. The van der Waals surface area contributed by atoms with E-state index in [1.807, 2.05) is 53.8 Å². The van der Waals surface area contributed by atoms with Gasteiger partial charge in [-0.15, -0.1) is 0 Å². The van der Waals surface area contributed by atoms with Gasteiger partial charge in [-0.2, -0.15) is 0 Å². The molecular formula is C20H28N4O2. The number of nitrogens with two attached hydrogens (primary N) is 1.